The number of rotatable bonds is 2. The zero-order valence-electron chi connectivity index (χ0n) is 9.42. The van der Waals surface area contributed by atoms with Crippen molar-refractivity contribution >= 4 is 17.3 Å². The minimum Gasteiger partial charge on any atom is -0.372 e. The molecule has 0 bridgehead atoms. The summed E-state index contributed by atoms with van der Waals surface area (Å²) in [7, 11) is 0. The van der Waals surface area contributed by atoms with Crippen molar-refractivity contribution in [2.24, 2.45) is 0 Å². The quantitative estimate of drug-likeness (QED) is 0.732. The molecule has 1 aliphatic rings. The highest BCUT2D eigenvalue weighted by molar-refractivity contribution is 7.80. The van der Waals surface area contributed by atoms with Gasteiger partial charge in [-0.15, -0.1) is 0 Å². The first kappa shape index (κ1) is 11.3. The molecule has 0 amide bonds. The van der Waals surface area contributed by atoms with Crippen LogP contribution < -0.4 is 10.3 Å². The van der Waals surface area contributed by atoms with Gasteiger partial charge in [-0.3, -0.25) is 0 Å². The molecule has 88 valence electrons. The molecule has 1 fully saturated rings. The van der Waals surface area contributed by atoms with Crippen LogP contribution in [0.5, 0.6) is 0 Å². The lowest BCUT2D eigenvalue weighted by Gasteiger charge is -2.37. The largest absolute Gasteiger partial charge is 0.372 e. The Morgan fingerprint density at radius 1 is 1.69 bits per heavy atom. The predicted octanol–water partition coefficient (Wildman–Crippen LogP) is 0.369. The van der Waals surface area contributed by atoms with Crippen LogP contribution in [0.4, 0.5) is 0 Å². The maximum Gasteiger partial charge on any atom is 0.191 e. The number of imidazole rings is 1. The second-order valence-corrected chi connectivity index (χ2v) is 4.40. The van der Waals surface area contributed by atoms with E-state index in [0.717, 1.165) is 12.1 Å². The number of aliphatic hydroxyl groups excluding tert-OH is 1. The van der Waals surface area contributed by atoms with Crippen molar-refractivity contribution in [2.45, 2.75) is 39.0 Å². The fourth-order valence-electron chi connectivity index (χ4n) is 1.80. The van der Waals surface area contributed by atoms with Gasteiger partial charge in [0.05, 0.1) is 5.69 Å². The van der Waals surface area contributed by atoms with Crippen molar-refractivity contribution in [1.82, 2.24) is 15.0 Å². The number of hydrogen-bond donors (Lipinski definition) is 2. The molecule has 1 aliphatic heterocycles. The molecule has 16 heavy (non-hydrogen) atoms. The average molecular weight is 240 g/mol. The third kappa shape index (κ3) is 2.03. The van der Waals surface area contributed by atoms with Gasteiger partial charge in [0.15, 0.2) is 11.3 Å². The Morgan fingerprint density at radius 3 is 3.00 bits per heavy atom. The molecule has 2 N–H and O–H groups in total. The molecule has 0 saturated carbocycles. The summed E-state index contributed by atoms with van der Waals surface area (Å²) in [6.07, 6.45) is 4.47. The molecule has 1 saturated heterocycles. The van der Waals surface area contributed by atoms with Gasteiger partial charge >= 0.3 is 0 Å². The Bertz CT molecular complexity index is 392. The molecule has 0 radical (unpaired) electrons. The Labute approximate surface area is 100 Å². The van der Waals surface area contributed by atoms with Crippen molar-refractivity contribution < 1.29 is 5.11 Å². The zero-order valence-corrected chi connectivity index (χ0v) is 10.2. The molecule has 2 heterocycles. The van der Waals surface area contributed by atoms with Crippen LogP contribution in [-0.2, 0) is 6.42 Å². The first-order chi connectivity index (χ1) is 7.61. The van der Waals surface area contributed by atoms with Crippen LogP contribution >= 0.6 is 12.2 Å². The first-order valence-electron chi connectivity index (χ1n) is 5.42. The lowest BCUT2D eigenvalue weighted by atomic mass is 10.2. The smallest absolute Gasteiger partial charge is 0.191 e. The van der Waals surface area contributed by atoms with E-state index in [1.165, 1.54) is 0 Å². The molecule has 2 unspecified atom stereocenters. The zero-order chi connectivity index (χ0) is 11.7. The van der Waals surface area contributed by atoms with Crippen LogP contribution in [0.15, 0.2) is 12.5 Å². The Hall–Kier alpha value is -1.14. The average Bonchev–Trinajstić information content (AvgIpc) is 2.64. The highest BCUT2D eigenvalue weighted by Crippen LogP contribution is 2.11. The van der Waals surface area contributed by atoms with Gasteiger partial charge in [-0.2, -0.15) is 0 Å². The van der Waals surface area contributed by atoms with Gasteiger partial charge in [-0.05, 0) is 25.6 Å². The Kier molecular flexibility index (Phi) is 3.11. The van der Waals surface area contributed by atoms with E-state index in [1.54, 1.807) is 16.0 Å². The number of aryl methyl sites for hydroxylation is 1. The van der Waals surface area contributed by atoms with Crippen LogP contribution in [0, 0.1) is 0 Å². The summed E-state index contributed by atoms with van der Waals surface area (Å²) in [5.41, 5.74) is 0.980. The SMILES string of the molecule is CCc1cn(N2C(=S)NC(C)CC2O)cn1. The van der Waals surface area contributed by atoms with Gasteiger partial charge < -0.3 is 10.4 Å². The van der Waals surface area contributed by atoms with Gasteiger partial charge in [0, 0.05) is 18.7 Å². The lowest BCUT2D eigenvalue weighted by Crippen LogP contribution is -2.60. The summed E-state index contributed by atoms with van der Waals surface area (Å²) in [6.45, 7) is 4.04. The molecule has 1 aromatic heterocycles. The minimum absolute atomic E-state index is 0.202. The standard InChI is InChI=1S/C10H16N4OS/c1-3-8-5-13(6-11-8)14-9(15)4-7(2)12-10(14)16/h5-7,9,15H,3-4H2,1-2H3,(H,12,16). The van der Waals surface area contributed by atoms with Gasteiger partial charge in [0.25, 0.3) is 0 Å². The maximum absolute atomic E-state index is 9.99. The maximum atomic E-state index is 9.99. The fraction of sp³-hybridized carbons (Fsp3) is 0.600. The van der Waals surface area contributed by atoms with E-state index in [0.29, 0.717) is 11.5 Å². The fourth-order valence-corrected chi connectivity index (χ4v) is 2.22. The molecular formula is C10H16N4OS. The van der Waals surface area contributed by atoms with Crippen LogP contribution in [-0.4, -0.2) is 32.1 Å². The molecule has 1 aromatic rings. The number of aromatic nitrogens is 2. The van der Waals surface area contributed by atoms with Crippen LogP contribution in [0.1, 0.15) is 26.0 Å². The topological polar surface area (TPSA) is 53.3 Å². The van der Waals surface area contributed by atoms with Crippen LogP contribution in [0.25, 0.3) is 0 Å². The molecule has 0 spiro atoms. The number of hydrogen-bond acceptors (Lipinski definition) is 3. The van der Waals surface area contributed by atoms with E-state index in [9.17, 15) is 5.11 Å². The summed E-state index contributed by atoms with van der Waals surface area (Å²) in [5, 5.41) is 15.3. The third-order valence-electron chi connectivity index (χ3n) is 2.66. The summed E-state index contributed by atoms with van der Waals surface area (Å²) >= 11 is 5.21. The summed E-state index contributed by atoms with van der Waals surface area (Å²) in [5.74, 6) is 0. The van der Waals surface area contributed by atoms with Gasteiger partial charge in [-0.25, -0.2) is 14.7 Å². The summed E-state index contributed by atoms with van der Waals surface area (Å²) < 4.78 is 1.74. The van der Waals surface area contributed by atoms with E-state index in [4.69, 9.17) is 12.2 Å². The summed E-state index contributed by atoms with van der Waals surface area (Å²) in [4.78, 5) is 4.22. The number of nitrogens with zero attached hydrogens (tertiary/aromatic N) is 3. The van der Waals surface area contributed by atoms with E-state index in [-0.39, 0.29) is 6.04 Å². The summed E-state index contributed by atoms with van der Waals surface area (Å²) in [6, 6.07) is 0.202. The lowest BCUT2D eigenvalue weighted by molar-refractivity contribution is 0.132. The van der Waals surface area contributed by atoms with Crippen molar-refractivity contribution in [3.63, 3.8) is 0 Å². The van der Waals surface area contributed by atoms with Gasteiger partial charge in [-0.1, -0.05) is 6.92 Å². The molecular weight excluding hydrogens is 224 g/mol. The van der Waals surface area contributed by atoms with E-state index >= 15 is 0 Å². The van der Waals surface area contributed by atoms with E-state index in [2.05, 4.69) is 10.3 Å². The van der Waals surface area contributed by atoms with Crippen LogP contribution in [0.2, 0.25) is 0 Å². The van der Waals surface area contributed by atoms with E-state index < -0.39 is 6.23 Å². The van der Waals surface area contributed by atoms with Gasteiger partial charge in [0.2, 0.25) is 0 Å². The monoisotopic (exact) mass is 240 g/mol. The predicted molar refractivity (Wildman–Crippen MR) is 65.6 cm³/mol. The van der Waals surface area contributed by atoms with Gasteiger partial charge in [0.1, 0.15) is 6.33 Å². The number of thiocarbonyl (C=S) groups is 1. The normalized spacial score (nSPS) is 25.7. The molecule has 0 aliphatic carbocycles. The van der Waals surface area contributed by atoms with Crippen molar-refractivity contribution in [3.05, 3.63) is 18.2 Å². The van der Waals surface area contributed by atoms with Crippen molar-refractivity contribution in [3.8, 4) is 0 Å². The highest BCUT2D eigenvalue weighted by atomic mass is 32.1. The third-order valence-corrected chi connectivity index (χ3v) is 2.96. The Balaban J connectivity index is 2.22. The van der Waals surface area contributed by atoms with Crippen molar-refractivity contribution in [1.29, 1.82) is 0 Å². The minimum atomic E-state index is -0.595. The molecule has 2 rings (SSSR count). The second kappa shape index (κ2) is 4.39. The molecule has 2 atom stereocenters. The van der Waals surface area contributed by atoms with Crippen molar-refractivity contribution in [2.75, 3.05) is 5.01 Å². The first-order valence-corrected chi connectivity index (χ1v) is 5.83. The van der Waals surface area contributed by atoms with Crippen LogP contribution in [0.3, 0.4) is 0 Å². The highest BCUT2D eigenvalue weighted by Gasteiger charge is 2.28. The number of nitrogens with one attached hydrogen (secondary N) is 1. The molecule has 5 nitrogen and oxygen atoms in total. The Morgan fingerprint density at radius 2 is 2.44 bits per heavy atom. The second-order valence-electron chi connectivity index (χ2n) is 4.01. The number of aliphatic hydroxyl groups is 1. The molecule has 0 aromatic carbocycles. The molecule has 6 heteroatoms. The van der Waals surface area contributed by atoms with E-state index in [1.807, 2.05) is 20.0 Å².